The summed E-state index contributed by atoms with van der Waals surface area (Å²) < 4.78 is 15.2. The molecule has 150 valence electrons. The molecule has 0 heterocycles. The van der Waals surface area contributed by atoms with E-state index in [2.05, 4.69) is 5.32 Å². The molecule has 1 aromatic rings. The van der Waals surface area contributed by atoms with E-state index in [4.69, 9.17) is 14.2 Å². The molecule has 7 nitrogen and oxygen atoms in total. The highest BCUT2D eigenvalue weighted by Gasteiger charge is 2.24. The molecule has 0 bridgehead atoms. The summed E-state index contributed by atoms with van der Waals surface area (Å²) in [6.45, 7) is 11.2. The molecule has 7 heteroatoms. The first-order valence-corrected chi connectivity index (χ1v) is 8.91. The molecule has 0 spiro atoms. The van der Waals surface area contributed by atoms with Crippen LogP contribution in [0.15, 0.2) is 24.3 Å². The van der Waals surface area contributed by atoms with E-state index in [1.165, 1.54) is 0 Å². The number of hydrogen-bond acceptors (Lipinski definition) is 6. The summed E-state index contributed by atoms with van der Waals surface area (Å²) in [5.74, 6) is 0.262. The first-order valence-electron chi connectivity index (χ1n) is 8.91. The number of rotatable bonds is 7. The SMILES string of the molecule is CC(C)COC(=O)Oc1ccc(C(C)[C@@H](C=O)NC(=O)OC(C)(C)C)cc1. The first kappa shape index (κ1) is 22.5. The molecule has 0 fully saturated rings. The molecule has 27 heavy (non-hydrogen) atoms. The largest absolute Gasteiger partial charge is 0.513 e. The zero-order chi connectivity index (χ0) is 20.6. The summed E-state index contributed by atoms with van der Waals surface area (Å²) in [6, 6.07) is 5.92. The average Bonchev–Trinajstić information content (AvgIpc) is 2.56. The Morgan fingerprint density at radius 1 is 1.11 bits per heavy atom. The predicted molar refractivity (Wildman–Crippen MR) is 101 cm³/mol. The normalized spacial score (nSPS) is 13.4. The number of aldehydes is 1. The van der Waals surface area contributed by atoms with Crippen molar-refractivity contribution in [2.45, 2.75) is 59.1 Å². The molecular weight excluding hydrogens is 350 g/mol. The molecule has 1 N–H and O–H groups in total. The van der Waals surface area contributed by atoms with Gasteiger partial charge in [-0.1, -0.05) is 32.9 Å². The number of amides is 1. The van der Waals surface area contributed by atoms with Gasteiger partial charge in [-0.25, -0.2) is 9.59 Å². The molecular formula is C20H29NO6. The average molecular weight is 379 g/mol. The summed E-state index contributed by atoms with van der Waals surface area (Å²) in [5, 5.41) is 2.56. The van der Waals surface area contributed by atoms with E-state index in [1.54, 1.807) is 45.0 Å². The Balaban J connectivity index is 2.68. The number of alkyl carbamates (subject to hydrolysis) is 1. The number of hydrogen-bond donors (Lipinski definition) is 1. The van der Waals surface area contributed by atoms with Crippen LogP contribution in [0, 0.1) is 5.92 Å². The van der Waals surface area contributed by atoms with Gasteiger partial charge in [-0.2, -0.15) is 0 Å². The van der Waals surface area contributed by atoms with Crippen LogP contribution in [0.1, 0.15) is 53.0 Å². The Labute approximate surface area is 160 Å². The molecule has 0 aromatic heterocycles. The van der Waals surface area contributed by atoms with Crippen LogP contribution in [0.5, 0.6) is 5.75 Å². The van der Waals surface area contributed by atoms with Gasteiger partial charge in [0.05, 0.1) is 12.6 Å². The van der Waals surface area contributed by atoms with E-state index in [1.807, 2.05) is 20.8 Å². The molecule has 0 radical (unpaired) electrons. The second kappa shape index (κ2) is 9.94. The number of benzene rings is 1. The van der Waals surface area contributed by atoms with Gasteiger partial charge >= 0.3 is 12.2 Å². The zero-order valence-electron chi connectivity index (χ0n) is 16.8. The van der Waals surface area contributed by atoms with E-state index >= 15 is 0 Å². The fourth-order valence-electron chi connectivity index (χ4n) is 2.13. The Kier molecular flexibility index (Phi) is 8.28. The maximum absolute atomic E-state index is 11.9. The van der Waals surface area contributed by atoms with Gasteiger partial charge in [0, 0.05) is 5.92 Å². The van der Waals surface area contributed by atoms with E-state index in [0.717, 1.165) is 5.56 Å². The minimum atomic E-state index is -0.762. The maximum Gasteiger partial charge on any atom is 0.513 e. The third-order valence-corrected chi connectivity index (χ3v) is 3.51. The second-order valence-electron chi connectivity index (χ2n) is 7.72. The summed E-state index contributed by atoms with van der Waals surface area (Å²) >= 11 is 0. The Morgan fingerprint density at radius 3 is 2.19 bits per heavy atom. The maximum atomic E-state index is 11.9. The van der Waals surface area contributed by atoms with Crippen molar-refractivity contribution in [3.63, 3.8) is 0 Å². The molecule has 1 unspecified atom stereocenters. The van der Waals surface area contributed by atoms with Gasteiger partial charge in [0.1, 0.15) is 17.6 Å². The van der Waals surface area contributed by atoms with Gasteiger partial charge in [-0.05, 0) is 44.4 Å². The zero-order valence-corrected chi connectivity index (χ0v) is 16.8. The van der Waals surface area contributed by atoms with Gasteiger partial charge in [-0.3, -0.25) is 0 Å². The molecule has 0 saturated heterocycles. The third-order valence-electron chi connectivity index (χ3n) is 3.51. The third kappa shape index (κ3) is 8.57. The van der Waals surface area contributed by atoms with Crippen molar-refractivity contribution in [3.8, 4) is 5.75 Å². The lowest BCUT2D eigenvalue weighted by Gasteiger charge is -2.24. The van der Waals surface area contributed by atoms with Crippen LogP contribution < -0.4 is 10.1 Å². The Bertz CT molecular complexity index is 633. The number of carbonyl (C=O) groups is 3. The number of carbonyl (C=O) groups excluding carboxylic acids is 3. The standard InChI is InChI=1S/C20H29NO6/c1-13(2)12-25-19(24)26-16-9-7-15(8-10-16)14(3)17(11-22)21-18(23)27-20(4,5)6/h7-11,13-14,17H,12H2,1-6H3,(H,21,23)/t14?,17-/m1/s1. The summed E-state index contributed by atoms with van der Waals surface area (Å²) in [7, 11) is 0. The van der Waals surface area contributed by atoms with Crippen molar-refractivity contribution >= 4 is 18.5 Å². The van der Waals surface area contributed by atoms with Crippen molar-refractivity contribution in [2.75, 3.05) is 6.61 Å². The molecule has 0 aliphatic rings. The molecule has 0 saturated carbocycles. The topological polar surface area (TPSA) is 90.9 Å². The summed E-state index contributed by atoms with van der Waals surface area (Å²) in [4.78, 5) is 34.9. The minimum absolute atomic E-state index is 0.221. The highest BCUT2D eigenvalue weighted by atomic mass is 16.7. The fraction of sp³-hybridized carbons (Fsp3) is 0.550. The first-order chi connectivity index (χ1) is 12.5. The predicted octanol–water partition coefficient (Wildman–Crippen LogP) is 4.05. The second-order valence-corrected chi connectivity index (χ2v) is 7.72. The van der Waals surface area contributed by atoms with Crippen LogP contribution in [-0.2, 0) is 14.3 Å². The van der Waals surface area contributed by atoms with Crippen molar-refractivity contribution < 1.29 is 28.6 Å². The van der Waals surface area contributed by atoms with Gasteiger partial charge in [-0.15, -0.1) is 0 Å². The van der Waals surface area contributed by atoms with Crippen molar-refractivity contribution in [3.05, 3.63) is 29.8 Å². The molecule has 2 atom stereocenters. The summed E-state index contributed by atoms with van der Waals surface area (Å²) in [6.07, 6.45) is -0.747. The minimum Gasteiger partial charge on any atom is -0.444 e. The summed E-state index contributed by atoms with van der Waals surface area (Å²) in [5.41, 5.74) is 0.148. The highest BCUT2D eigenvalue weighted by Crippen LogP contribution is 2.22. The molecule has 1 rings (SSSR count). The Hall–Kier alpha value is -2.57. The lowest BCUT2D eigenvalue weighted by atomic mass is 9.94. The van der Waals surface area contributed by atoms with E-state index in [9.17, 15) is 14.4 Å². The smallest absolute Gasteiger partial charge is 0.444 e. The van der Waals surface area contributed by atoms with E-state index in [0.29, 0.717) is 12.0 Å². The van der Waals surface area contributed by atoms with Crippen molar-refractivity contribution in [1.82, 2.24) is 5.32 Å². The van der Waals surface area contributed by atoms with Crippen LogP contribution >= 0.6 is 0 Å². The highest BCUT2D eigenvalue weighted by molar-refractivity contribution is 5.74. The quantitative estimate of drug-likeness (QED) is 0.436. The van der Waals surface area contributed by atoms with E-state index < -0.39 is 23.9 Å². The van der Waals surface area contributed by atoms with Crippen LogP contribution in [0.2, 0.25) is 0 Å². The Morgan fingerprint density at radius 2 is 1.70 bits per heavy atom. The van der Waals surface area contributed by atoms with Crippen LogP contribution in [0.4, 0.5) is 9.59 Å². The van der Waals surface area contributed by atoms with Crippen molar-refractivity contribution in [2.24, 2.45) is 5.92 Å². The number of nitrogens with one attached hydrogen (secondary N) is 1. The molecule has 0 aliphatic heterocycles. The van der Waals surface area contributed by atoms with Crippen molar-refractivity contribution in [1.29, 1.82) is 0 Å². The molecule has 1 aromatic carbocycles. The number of ether oxygens (including phenoxy) is 3. The van der Waals surface area contributed by atoms with Gasteiger partial charge < -0.3 is 24.3 Å². The van der Waals surface area contributed by atoms with Gasteiger partial charge in [0.25, 0.3) is 0 Å². The lowest BCUT2D eigenvalue weighted by Crippen LogP contribution is -2.42. The van der Waals surface area contributed by atoms with Crippen LogP contribution in [0.3, 0.4) is 0 Å². The lowest BCUT2D eigenvalue weighted by molar-refractivity contribution is -0.110. The fourth-order valence-corrected chi connectivity index (χ4v) is 2.13. The van der Waals surface area contributed by atoms with Gasteiger partial charge in [0.2, 0.25) is 0 Å². The monoisotopic (exact) mass is 379 g/mol. The molecule has 0 aliphatic carbocycles. The van der Waals surface area contributed by atoms with Crippen LogP contribution in [0.25, 0.3) is 0 Å². The van der Waals surface area contributed by atoms with Crippen LogP contribution in [-0.4, -0.2) is 36.8 Å². The van der Waals surface area contributed by atoms with E-state index in [-0.39, 0.29) is 18.4 Å². The van der Waals surface area contributed by atoms with Gasteiger partial charge in [0.15, 0.2) is 0 Å². The molecule has 1 amide bonds.